The van der Waals surface area contributed by atoms with Crippen LogP contribution in [-0.2, 0) is 26.1 Å². The van der Waals surface area contributed by atoms with Crippen LogP contribution in [0.25, 0.3) is 0 Å². The highest BCUT2D eigenvalue weighted by molar-refractivity contribution is 7.92. The minimum absolute atomic E-state index is 0.0571. The van der Waals surface area contributed by atoms with E-state index in [1.807, 2.05) is 24.3 Å². The first-order valence-electron chi connectivity index (χ1n) is 9.64. The molecule has 0 atom stereocenters. The summed E-state index contributed by atoms with van der Waals surface area (Å²) in [6.07, 6.45) is 0.948. The molecule has 0 bridgehead atoms. The first-order chi connectivity index (χ1) is 14.7. The second-order valence-corrected chi connectivity index (χ2v) is 9.00. The number of carbonyl (C=O) groups is 1. The molecule has 3 rings (SSSR count). The molecule has 1 heterocycles. The fourth-order valence-corrected chi connectivity index (χ4v) is 4.04. The first kappa shape index (κ1) is 22.5. The number of nitro benzene ring substituents is 1. The molecule has 166 valence electrons. The number of rotatable bonds is 8. The molecule has 0 aromatic heterocycles. The molecule has 0 unspecified atom stereocenters. The molecule has 0 radical (unpaired) electrons. The predicted molar refractivity (Wildman–Crippen MR) is 117 cm³/mol. The normalized spacial score (nSPS) is 14.2. The van der Waals surface area contributed by atoms with Gasteiger partial charge in [0.1, 0.15) is 6.54 Å². The number of ether oxygens (including phenoxy) is 1. The van der Waals surface area contributed by atoms with E-state index in [0.29, 0.717) is 13.2 Å². The number of nitro groups is 1. The van der Waals surface area contributed by atoms with E-state index in [0.717, 1.165) is 41.0 Å². The number of morpholine rings is 1. The molecule has 0 saturated carbocycles. The smallest absolute Gasteiger partial charge is 0.271 e. The quantitative estimate of drug-likeness (QED) is 0.480. The molecule has 1 aliphatic heterocycles. The lowest BCUT2D eigenvalue weighted by Crippen LogP contribution is -2.40. The maximum atomic E-state index is 12.4. The number of nitrogens with one attached hydrogen (secondary N) is 1. The topological polar surface area (TPSA) is 122 Å². The van der Waals surface area contributed by atoms with Crippen molar-refractivity contribution in [3.05, 3.63) is 64.2 Å². The van der Waals surface area contributed by atoms with Crippen molar-refractivity contribution < 1.29 is 22.9 Å². The van der Waals surface area contributed by atoms with Gasteiger partial charge in [0.05, 0.1) is 30.1 Å². The van der Waals surface area contributed by atoms with Crippen molar-refractivity contribution >= 4 is 33.0 Å². The summed E-state index contributed by atoms with van der Waals surface area (Å²) in [5.74, 6) is -0.519. The van der Waals surface area contributed by atoms with E-state index in [2.05, 4.69) is 10.2 Å². The van der Waals surface area contributed by atoms with Gasteiger partial charge in [-0.05, 0) is 23.8 Å². The molecule has 1 aliphatic rings. The van der Waals surface area contributed by atoms with E-state index in [4.69, 9.17) is 4.74 Å². The minimum Gasteiger partial charge on any atom is -0.378 e. The first-order valence-corrected chi connectivity index (χ1v) is 11.5. The summed E-state index contributed by atoms with van der Waals surface area (Å²) in [5.41, 5.74) is 1.74. The Morgan fingerprint density at radius 3 is 2.48 bits per heavy atom. The standard InChI is InChI=1S/C20H24N4O6S/c1-31(28,29)23(18-3-2-4-19(13-18)24(26)27)15-20(25)21-14-16-5-7-17(8-6-16)22-9-11-30-12-10-22/h2-8,13H,9-12,14-15H2,1H3,(H,21,25). The highest BCUT2D eigenvalue weighted by atomic mass is 32.2. The van der Waals surface area contributed by atoms with Crippen LogP contribution in [0.15, 0.2) is 48.5 Å². The van der Waals surface area contributed by atoms with Crippen LogP contribution in [0, 0.1) is 10.1 Å². The average molecular weight is 449 g/mol. The number of nitrogens with zero attached hydrogens (tertiary/aromatic N) is 3. The van der Waals surface area contributed by atoms with Crippen LogP contribution in [0.1, 0.15) is 5.56 Å². The van der Waals surface area contributed by atoms with Gasteiger partial charge in [0.25, 0.3) is 5.69 Å². The SMILES string of the molecule is CS(=O)(=O)N(CC(=O)NCc1ccc(N2CCOCC2)cc1)c1cccc([N+](=O)[O-])c1. The molecule has 11 heteroatoms. The summed E-state index contributed by atoms with van der Waals surface area (Å²) in [5, 5.41) is 13.7. The lowest BCUT2D eigenvalue weighted by molar-refractivity contribution is -0.384. The van der Waals surface area contributed by atoms with Gasteiger partial charge in [-0.3, -0.25) is 19.2 Å². The van der Waals surface area contributed by atoms with Crippen LogP contribution in [0.3, 0.4) is 0 Å². The Morgan fingerprint density at radius 1 is 1.19 bits per heavy atom. The zero-order chi connectivity index (χ0) is 22.4. The molecule has 0 aliphatic carbocycles. The third-order valence-corrected chi connectivity index (χ3v) is 5.96. The summed E-state index contributed by atoms with van der Waals surface area (Å²) in [6, 6.07) is 12.9. The summed E-state index contributed by atoms with van der Waals surface area (Å²) >= 11 is 0. The van der Waals surface area contributed by atoms with Crippen molar-refractivity contribution in [1.29, 1.82) is 0 Å². The average Bonchev–Trinajstić information content (AvgIpc) is 2.76. The zero-order valence-electron chi connectivity index (χ0n) is 17.1. The highest BCUT2D eigenvalue weighted by Gasteiger charge is 2.22. The summed E-state index contributed by atoms with van der Waals surface area (Å²) in [6.45, 7) is 2.79. The number of benzene rings is 2. The Kier molecular flexibility index (Phi) is 7.08. The molecule has 0 spiro atoms. The summed E-state index contributed by atoms with van der Waals surface area (Å²) in [7, 11) is -3.82. The van der Waals surface area contributed by atoms with Gasteiger partial charge < -0.3 is 15.0 Å². The zero-order valence-corrected chi connectivity index (χ0v) is 17.9. The third-order valence-electron chi connectivity index (χ3n) is 4.82. The van der Waals surface area contributed by atoms with Crippen molar-refractivity contribution in [1.82, 2.24) is 5.32 Å². The summed E-state index contributed by atoms with van der Waals surface area (Å²) < 4.78 is 30.5. The van der Waals surface area contributed by atoms with Gasteiger partial charge in [0.2, 0.25) is 15.9 Å². The second kappa shape index (κ2) is 9.75. The molecular weight excluding hydrogens is 424 g/mol. The van der Waals surface area contributed by atoms with Crippen molar-refractivity contribution in [3.63, 3.8) is 0 Å². The lowest BCUT2D eigenvalue weighted by atomic mass is 10.2. The molecule has 2 aromatic carbocycles. The largest absolute Gasteiger partial charge is 0.378 e. The molecule has 1 N–H and O–H groups in total. The second-order valence-electron chi connectivity index (χ2n) is 7.09. The summed E-state index contributed by atoms with van der Waals surface area (Å²) in [4.78, 5) is 25.0. The van der Waals surface area contributed by atoms with Crippen LogP contribution < -0.4 is 14.5 Å². The number of carbonyl (C=O) groups excluding carboxylic acids is 1. The number of sulfonamides is 1. The maximum absolute atomic E-state index is 12.4. The van der Waals surface area contributed by atoms with Gasteiger partial charge in [0, 0.05) is 37.5 Å². The van der Waals surface area contributed by atoms with Gasteiger partial charge in [-0.25, -0.2) is 8.42 Å². The molecule has 31 heavy (non-hydrogen) atoms. The number of amides is 1. The fraction of sp³-hybridized carbons (Fsp3) is 0.350. The third kappa shape index (κ3) is 6.15. The van der Waals surface area contributed by atoms with E-state index in [9.17, 15) is 23.3 Å². The van der Waals surface area contributed by atoms with Gasteiger partial charge in [0.15, 0.2) is 0 Å². The maximum Gasteiger partial charge on any atom is 0.271 e. The van der Waals surface area contributed by atoms with Crippen molar-refractivity contribution in [2.75, 3.05) is 48.3 Å². The molecule has 1 fully saturated rings. The van der Waals surface area contributed by atoms with Crippen molar-refractivity contribution in [2.24, 2.45) is 0 Å². The minimum atomic E-state index is -3.82. The Labute approximate surface area is 180 Å². The number of hydrogen-bond acceptors (Lipinski definition) is 7. The molecule has 1 amide bonds. The Bertz CT molecular complexity index is 1040. The van der Waals surface area contributed by atoms with Crippen LogP contribution >= 0.6 is 0 Å². The lowest BCUT2D eigenvalue weighted by Gasteiger charge is -2.28. The number of hydrogen-bond donors (Lipinski definition) is 1. The van der Waals surface area contributed by atoms with E-state index in [1.165, 1.54) is 18.2 Å². The van der Waals surface area contributed by atoms with Gasteiger partial charge >= 0.3 is 0 Å². The molecule has 10 nitrogen and oxygen atoms in total. The van der Waals surface area contributed by atoms with Crippen LogP contribution in [-0.4, -0.2) is 58.4 Å². The van der Waals surface area contributed by atoms with E-state index in [-0.39, 0.29) is 17.9 Å². The van der Waals surface area contributed by atoms with Crippen LogP contribution in [0.5, 0.6) is 0 Å². The Morgan fingerprint density at radius 2 is 1.87 bits per heavy atom. The number of non-ortho nitro benzene ring substituents is 1. The monoisotopic (exact) mass is 448 g/mol. The highest BCUT2D eigenvalue weighted by Crippen LogP contribution is 2.23. The van der Waals surface area contributed by atoms with Crippen LogP contribution in [0.2, 0.25) is 0 Å². The van der Waals surface area contributed by atoms with Crippen LogP contribution in [0.4, 0.5) is 17.1 Å². The van der Waals surface area contributed by atoms with E-state index in [1.54, 1.807) is 0 Å². The Balaban J connectivity index is 1.62. The van der Waals surface area contributed by atoms with Gasteiger partial charge in [-0.15, -0.1) is 0 Å². The van der Waals surface area contributed by atoms with Crippen molar-refractivity contribution in [2.45, 2.75) is 6.54 Å². The van der Waals surface area contributed by atoms with Crippen molar-refractivity contribution in [3.8, 4) is 0 Å². The van der Waals surface area contributed by atoms with E-state index >= 15 is 0 Å². The predicted octanol–water partition coefficient (Wildman–Crippen LogP) is 1.51. The fourth-order valence-electron chi connectivity index (χ4n) is 3.19. The number of anilines is 2. The molecule has 2 aromatic rings. The Hall–Kier alpha value is -3.18. The van der Waals surface area contributed by atoms with Gasteiger partial charge in [-0.2, -0.15) is 0 Å². The van der Waals surface area contributed by atoms with E-state index < -0.39 is 27.4 Å². The van der Waals surface area contributed by atoms with Gasteiger partial charge in [-0.1, -0.05) is 18.2 Å². The molecule has 1 saturated heterocycles. The molecular formula is C20H24N4O6S.